The molecule has 1 aliphatic rings. The summed E-state index contributed by atoms with van der Waals surface area (Å²) in [6.45, 7) is 5.27. The smallest absolute Gasteiger partial charge is 0.317 e. The zero-order valence-electron chi connectivity index (χ0n) is 14.5. The third kappa shape index (κ3) is 4.92. The molecular weight excluding hydrogens is 296 g/mol. The first-order valence-corrected chi connectivity index (χ1v) is 8.33. The van der Waals surface area contributed by atoms with E-state index in [4.69, 9.17) is 9.26 Å². The Kier molecular flexibility index (Phi) is 6.38. The average molecular weight is 324 g/mol. The highest BCUT2D eigenvalue weighted by atomic mass is 16.5. The van der Waals surface area contributed by atoms with Crippen molar-refractivity contribution in [2.45, 2.75) is 52.1 Å². The van der Waals surface area contributed by atoms with Crippen LogP contribution in [0.3, 0.4) is 0 Å². The normalized spacial score (nSPS) is 22.1. The number of carbonyl (C=O) groups is 1. The van der Waals surface area contributed by atoms with E-state index in [9.17, 15) is 4.79 Å². The van der Waals surface area contributed by atoms with Gasteiger partial charge in [0.15, 0.2) is 5.82 Å². The fraction of sp³-hybridized carbons (Fsp3) is 0.812. The van der Waals surface area contributed by atoms with Crippen molar-refractivity contribution in [3.63, 3.8) is 0 Å². The molecule has 0 aromatic carbocycles. The lowest BCUT2D eigenvalue weighted by Gasteiger charge is -2.36. The fourth-order valence-electron chi connectivity index (χ4n) is 3.14. The highest BCUT2D eigenvalue weighted by Crippen LogP contribution is 2.28. The van der Waals surface area contributed by atoms with Crippen LogP contribution in [0, 0.1) is 11.8 Å². The minimum Gasteiger partial charge on any atom is -0.384 e. The molecule has 1 aromatic heterocycles. The highest BCUT2D eigenvalue weighted by Gasteiger charge is 2.29. The van der Waals surface area contributed by atoms with Crippen molar-refractivity contribution >= 4 is 6.03 Å². The molecule has 0 bridgehead atoms. The first-order valence-electron chi connectivity index (χ1n) is 8.33. The van der Waals surface area contributed by atoms with Gasteiger partial charge in [0.1, 0.15) is 6.54 Å². The average Bonchev–Trinajstić information content (AvgIpc) is 2.96. The van der Waals surface area contributed by atoms with E-state index in [1.54, 1.807) is 19.1 Å². The van der Waals surface area contributed by atoms with E-state index in [-0.39, 0.29) is 12.1 Å². The molecule has 0 radical (unpaired) electrons. The van der Waals surface area contributed by atoms with Gasteiger partial charge in [-0.05, 0) is 24.7 Å². The summed E-state index contributed by atoms with van der Waals surface area (Å²) in [6.07, 6.45) is 4.20. The van der Waals surface area contributed by atoms with Crippen molar-refractivity contribution in [1.82, 2.24) is 20.4 Å². The Hall–Kier alpha value is -1.63. The molecule has 0 spiro atoms. The number of nitrogens with one attached hydrogen (secondary N) is 1. The molecule has 1 aliphatic carbocycles. The van der Waals surface area contributed by atoms with Crippen molar-refractivity contribution in [2.75, 3.05) is 20.8 Å². The van der Waals surface area contributed by atoms with E-state index in [0.29, 0.717) is 43.1 Å². The molecule has 1 fully saturated rings. The largest absolute Gasteiger partial charge is 0.384 e. The SMILES string of the molecule is COCCc1noc(CN(C)C(=O)NC2[C@@H](C)CCC[C@@H]2C)n1. The van der Waals surface area contributed by atoms with Gasteiger partial charge in [0, 0.05) is 26.6 Å². The number of amides is 2. The van der Waals surface area contributed by atoms with Crippen LogP contribution in [0.15, 0.2) is 4.52 Å². The number of nitrogens with zero attached hydrogens (tertiary/aromatic N) is 3. The zero-order chi connectivity index (χ0) is 16.8. The van der Waals surface area contributed by atoms with Gasteiger partial charge in [-0.1, -0.05) is 25.4 Å². The minimum absolute atomic E-state index is 0.0905. The van der Waals surface area contributed by atoms with Crippen molar-refractivity contribution in [3.05, 3.63) is 11.7 Å². The Morgan fingerprint density at radius 2 is 2.09 bits per heavy atom. The van der Waals surface area contributed by atoms with Crippen molar-refractivity contribution in [2.24, 2.45) is 11.8 Å². The molecule has 2 amide bonds. The van der Waals surface area contributed by atoms with Crippen LogP contribution in [0.5, 0.6) is 0 Å². The predicted octanol–water partition coefficient (Wildman–Crippen LogP) is 2.22. The Morgan fingerprint density at radius 3 is 2.74 bits per heavy atom. The number of carbonyl (C=O) groups excluding carboxylic acids is 1. The molecular formula is C16H28N4O3. The summed E-state index contributed by atoms with van der Waals surface area (Å²) in [5.74, 6) is 2.07. The van der Waals surface area contributed by atoms with Crippen LogP contribution >= 0.6 is 0 Å². The standard InChI is InChI=1S/C16H28N4O3/c1-11-6-5-7-12(2)15(11)18-16(21)20(3)10-14-17-13(19-23-14)8-9-22-4/h11-12,15H,5-10H2,1-4H3,(H,18,21)/t11-,12-/m0/s1. The lowest BCUT2D eigenvalue weighted by atomic mass is 9.79. The summed E-state index contributed by atoms with van der Waals surface area (Å²) >= 11 is 0. The third-order valence-corrected chi connectivity index (χ3v) is 4.59. The summed E-state index contributed by atoms with van der Waals surface area (Å²) in [5, 5.41) is 7.04. The van der Waals surface area contributed by atoms with Crippen molar-refractivity contribution < 1.29 is 14.1 Å². The quantitative estimate of drug-likeness (QED) is 0.868. The molecule has 0 aliphatic heterocycles. The summed E-state index contributed by atoms with van der Waals surface area (Å²) < 4.78 is 10.2. The molecule has 1 saturated carbocycles. The zero-order valence-corrected chi connectivity index (χ0v) is 14.5. The van der Waals surface area contributed by atoms with Gasteiger partial charge in [0.25, 0.3) is 0 Å². The summed E-state index contributed by atoms with van der Waals surface area (Å²) in [7, 11) is 3.37. The molecule has 7 heteroatoms. The topological polar surface area (TPSA) is 80.5 Å². The van der Waals surface area contributed by atoms with Crippen LogP contribution in [-0.4, -0.2) is 47.9 Å². The van der Waals surface area contributed by atoms with Crippen LogP contribution in [-0.2, 0) is 17.7 Å². The number of aromatic nitrogens is 2. The molecule has 0 unspecified atom stereocenters. The first kappa shape index (κ1) is 17.7. The van der Waals surface area contributed by atoms with Gasteiger partial charge in [-0.15, -0.1) is 0 Å². The summed E-state index contributed by atoms with van der Waals surface area (Å²) in [5.41, 5.74) is 0. The second kappa shape index (κ2) is 8.29. The molecule has 7 nitrogen and oxygen atoms in total. The Bertz CT molecular complexity index is 495. The van der Waals surface area contributed by atoms with E-state index >= 15 is 0 Å². The molecule has 1 heterocycles. The van der Waals surface area contributed by atoms with Crippen LogP contribution < -0.4 is 5.32 Å². The van der Waals surface area contributed by atoms with E-state index in [1.165, 1.54) is 19.3 Å². The maximum absolute atomic E-state index is 12.4. The number of urea groups is 1. The number of rotatable bonds is 6. The molecule has 23 heavy (non-hydrogen) atoms. The van der Waals surface area contributed by atoms with E-state index in [1.807, 2.05) is 0 Å². The van der Waals surface area contributed by atoms with Gasteiger partial charge in [0.2, 0.25) is 5.89 Å². The van der Waals surface area contributed by atoms with Crippen LogP contribution in [0.1, 0.15) is 44.8 Å². The maximum Gasteiger partial charge on any atom is 0.317 e. The summed E-state index contributed by atoms with van der Waals surface area (Å²) in [4.78, 5) is 18.2. The second-order valence-corrected chi connectivity index (χ2v) is 6.56. The van der Waals surface area contributed by atoms with E-state index in [2.05, 4.69) is 29.3 Å². The number of methoxy groups -OCH3 is 1. The molecule has 130 valence electrons. The fourth-order valence-corrected chi connectivity index (χ4v) is 3.14. The van der Waals surface area contributed by atoms with E-state index in [0.717, 1.165) is 0 Å². The highest BCUT2D eigenvalue weighted by molar-refractivity contribution is 5.74. The maximum atomic E-state index is 12.4. The van der Waals surface area contributed by atoms with Crippen molar-refractivity contribution in [3.8, 4) is 0 Å². The molecule has 0 saturated heterocycles. The Morgan fingerprint density at radius 1 is 1.39 bits per heavy atom. The summed E-state index contributed by atoms with van der Waals surface area (Å²) in [6, 6.07) is 0.144. The van der Waals surface area contributed by atoms with Gasteiger partial charge in [-0.25, -0.2) is 4.79 Å². The van der Waals surface area contributed by atoms with Crippen molar-refractivity contribution in [1.29, 1.82) is 0 Å². The lowest BCUT2D eigenvalue weighted by Crippen LogP contribution is -2.49. The van der Waals surface area contributed by atoms with Gasteiger partial charge < -0.3 is 19.5 Å². The molecule has 2 atom stereocenters. The lowest BCUT2D eigenvalue weighted by molar-refractivity contribution is 0.167. The van der Waals surface area contributed by atoms with Gasteiger partial charge in [0.05, 0.1) is 6.61 Å². The molecule has 2 rings (SSSR count). The number of hydrogen-bond acceptors (Lipinski definition) is 5. The van der Waals surface area contributed by atoms with Gasteiger partial charge in [-0.3, -0.25) is 0 Å². The molecule has 1 N–H and O–H groups in total. The van der Waals surface area contributed by atoms with Crippen LogP contribution in [0.2, 0.25) is 0 Å². The predicted molar refractivity (Wildman–Crippen MR) is 85.8 cm³/mol. The molecule has 1 aromatic rings. The Labute approximate surface area is 137 Å². The minimum atomic E-state index is -0.0905. The van der Waals surface area contributed by atoms with Gasteiger partial charge in [-0.2, -0.15) is 4.98 Å². The van der Waals surface area contributed by atoms with Crippen LogP contribution in [0.25, 0.3) is 0 Å². The first-order chi connectivity index (χ1) is 11.0. The Balaban J connectivity index is 1.85. The number of hydrogen-bond donors (Lipinski definition) is 1. The third-order valence-electron chi connectivity index (χ3n) is 4.59. The van der Waals surface area contributed by atoms with Crippen LogP contribution in [0.4, 0.5) is 4.79 Å². The van der Waals surface area contributed by atoms with E-state index < -0.39 is 0 Å². The van der Waals surface area contributed by atoms with Gasteiger partial charge >= 0.3 is 6.03 Å². The number of ether oxygens (including phenoxy) is 1. The second-order valence-electron chi connectivity index (χ2n) is 6.56. The monoisotopic (exact) mass is 324 g/mol.